The Hall–Kier alpha value is -1.89. The van der Waals surface area contributed by atoms with Gasteiger partial charge >= 0.3 is 6.09 Å². The van der Waals surface area contributed by atoms with Gasteiger partial charge in [-0.25, -0.2) is 4.79 Å². The lowest BCUT2D eigenvalue weighted by molar-refractivity contribution is 0.0529. The van der Waals surface area contributed by atoms with Crippen LogP contribution in [0.1, 0.15) is 33.6 Å². The van der Waals surface area contributed by atoms with Crippen LogP contribution in [0.3, 0.4) is 0 Å². The van der Waals surface area contributed by atoms with E-state index in [9.17, 15) is 4.79 Å². The summed E-state index contributed by atoms with van der Waals surface area (Å²) < 4.78 is 5.46. The lowest BCUT2D eigenvalue weighted by Gasteiger charge is -2.20. The number of carbonyl (C=O) groups is 1. The molecule has 0 saturated heterocycles. The molecule has 6 nitrogen and oxygen atoms in total. The topological polar surface area (TPSA) is 74.8 Å². The largest absolute Gasteiger partial charge is 0.444 e. The molecule has 0 atom stereocenters. The summed E-state index contributed by atoms with van der Waals surface area (Å²) in [6, 6.07) is 10.5. The third-order valence-electron chi connectivity index (χ3n) is 3.77. The highest BCUT2D eigenvalue weighted by Crippen LogP contribution is 2.51. The molecule has 1 saturated carbocycles. The first-order chi connectivity index (χ1) is 12.3. The highest BCUT2D eigenvalue weighted by Gasteiger charge is 2.43. The number of thioether (sulfide) groups is 1. The SMILES string of the molecule is CN=C(NCCNC(=O)OC(C)(C)C)NCC1(Sc2ccccc2)CC1. The van der Waals surface area contributed by atoms with E-state index < -0.39 is 11.7 Å². The molecule has 0 heterocycles. The highest BCUT2D eigenvalue weighted by atomic mass is 32.2. The van der Waals surface area contributed by atoms with Gasteiger partial charge in [-0.2, -0.15) is 0 Å². The number of rotatable bonds is 7. The van der Waals surface area contributed by atoms with Crippen LogP contribution in [-0.4, -0.2) is 49.1 Å². The summed E-state index contributed by atoms with van der Waals surface area (Å²) in [5, 5.41) is 9.33. The molecule has 1 aromatic carbocycles. The van der Waals surface area contributed by atoms with E-state index in [0.29, 0.717) is 13.1 Å². The Labute approximate surface area is 160 Å². The molecule has 0 aliphatic heterocycles. The Bertz CT molecular complexity index is 610. The maximum atomic E-state index is 11.6. The van der Waals surface area contributed by atoms with E-state index in [1.165, 1.54) is 17.7 Å². The molecule has 1 aliphatic carbocycles. The van der Waals surface area contributed by atoms with Crippen molar-refractivity contribution in [1.82, 2.24) is 16.0 Å². The summed E-state index contributed by atoms with van der Waals surface area (Å²) in [5.74, 6) is 0.746. The summed E-state index contributed by atoms with van der Waals surface area (Å²) in [5.41, 5.74) is -0.482. The zero-order valence-corrected chi connectivity index (χ0v) is 16.9. The van der Waals surface area contributed by atoms with Crippen molar-refractivity contribution in [3.63, 3.8) is 0 Å². The number of aliphatic imine (C=N–C) groups is 1. The summed E-state index contributed by atoms with van der Waals surface area (Å²) in [6.45, 7) is 7.45. The molecule has 1 aromatic rings. The van der Waals surface area contributed by atoms with Crippen LogP contribution in [0.5, 0.6) is 0 Å². The van der Waals surface area contributed by atoms with Gasteiger partial charge in [0, 0.05) is 36.3 Å². The lowest BCUT2D eigenvalue weighted by atomic mass is 10.2. The molecule has 3 N–H and O–H groups in total. The number of hydrogen-bond donors (Lipinski definition) is 3. The molecule has 0 unspecified atom stereocenters. The first-order valence-corrected chi connectivity index (χ1v) is 9.79. The van der Waals surface area contributed by atoms with E-state index in [1.807, 2.05) is 38.6 Å². The summed E-state index contributed by atoms with van der Waals surface area (Å²) >= 11 is 1.93. The molecule has 0 spiro atoms. The van der Waals surface area contributed by atoms with Crippen molar-refractivity contribution in [3.05, 3.63) is 30.3 Å². The maximum absolute atomic E-state index is 11.6. The number of nitrogens with zero attached hydrogens (tertiary/aromatic N) is 1. The molecule has 1 fully saturated rings. The Kier molecular flexibility index (Phi) is 7.20. The molecular formula is C19H30N4O2S. The quantitative estimate of drug-likeness (QED) is 0.386. The maximum Gasteiger partial charge on any atom is 0.407 e. The van der Waals surface area contributed by atoms with E-state index in [2.05, 4.69) is 45.2 Å². The van der Waals surface area contributed by atoms with Gasteiger partial charge in [0.05, 0.1) is 0 Å². The van der Waals surface area contributed by atoms with Crippen molar-refractivity contribution in [3.8, 4) is 0 Å². The van der Waals surface area contributed by atoms with Crippen molar-refractivity contribution >= 4 is 23.8 Å². The van der Waals surface area contributed by atoms with Gasteiger partial charge in [-0.1, -0.05) is 18.2 Å². The highest BCUT2D eigenvalue weighted by molar-refractivity contribution is 8.01. The Balaban J connectivity index is 1.66. The number of nitrogens with one attached hydrogen (secondary N) is 3. The second-order valence-corrected chi connectivity index (χ2v) is 8.92. The number of alkyl carbamates (subject to hydrolysis) is 1. The van der Waals surface area contributed by atoms with Crippen LogP contribution < -0.4 is 16.0 Å². The first kappa shape index (κ1) is 20.4. The van der Waals surface area contributed by atoms with Gasteiger partial charge in [0.25, 0.3) is 0 Å². The fourth-order valence-corrected chi connectivity index (χ4v) is 3.56. The van der Waals surface area contributed by atoms with Crippen molar-refractivity contribution in [2.24, 2.45) is 4.99 Å². The van der Waals surface area contributed by atoms with E-state index in [4.69, 9.17) is 4.74 Å². The van der Waals surface area contributed by atoms with E-state index in [1.54, 1.807) is 7.05 Å². The van der Waals surface area contributed by atoms with E-state index >= 15 is 0 Å². The smallest absolute Gasteiger partial charge is 0.407 e. The van der Waals surface area contributed by atoms with Crippen LogP contribution >= 0.6 is 11.8 Å². The fourth-order valence-electron chi connectivity index (χ4n) is 2.32. The molecular weight excluding hydrogens is 348 g/mol. The minimum Gasteiger partial charge on any atom is -0.444 e. The first-order valence-electron chi connectivity index (χ1n) is 8.97. The Morgan fingerprint density at radius 1 is 1.15 bits per heavy atom. The van der Waals surface area contributed by atoms with Crippen molar-refractivity contribution < 1.29 is 9.53 Å². The second-order valence-electron chi connectivity index (χ2n) is 7.38. The van der Waals surface area contributed by atoms with Crippen LogP contribution in [0.2, 0.25) is 0 Å². The van der Waals surface area contributed by atoms with Crippen molar-refractivity contribution in [2.45, 2.75) is 48.9 Å². The lowest BCUT2D eigenvalue weighted by Crippen LogP contribution is -2.44. The third kappa shape index (κ3) is 7.56. The molecule has 26 heavy (non-hydrogen) atoms. The summed E-state index contributed by atoms with van der Waals surface area (Å²) in [4.78, 5) is 17.1. The normalized spacial score (nSPS) is 15.9. The van der Waals surface area contributed by atoms with Crippen molar-refractivity contribution in [2.75, 3.05) is 26.7 Å². The summed E-state index contributed by atoms with van der Waals surface area (Å²) in [6.07, 6.45) is 2.01. The van der Waals surface area contributed by atoms with E-state index in [0.717, 1.165) is 12.5 Å². The van der Waals surface area contributed by atoms with E-state index in [-0.39, 0.29) is 4.75 Å². The van der Waals surface area contributed by atoms with Gasteiger partial charge in [0.2, 0.25) is 0 Å². The Morgan fingerprint density at radius 3 is 2.38 bits per heavy atom. The van der Waals surface area contributed by atoms with Crippen molar-refractivity contribution in [1.29, 1.82) is 0 Å². The molecule has 1 amide bonds. The average Bonchev–Trinajstić information content (AvgIpc) is 3.33. The minimum absolute atomic E-state index is 0.258. The molecule has 7 heteroatoms. The predicted molar refractivity (Wildman–Crippen MR) is 108 cm³/mol. The number of carbonyl (C=O) groups excluding carboxylic acids is 1. The van der Waals surface area contributed by atoms with Crippen LogP contribution in [-0.2, 0) is 4.74 Å². The minimum atomic E-state index is -0.482. The molecule has 0 bridgehead atoms. The summed E-state index contributed by atoms with van der Waals surface area (Å²) in [7, 11) is 1.75. The van der Waals surface area contributed by atoms with Gasteiger partial charge in [-0.15, -0.1) is 11.8 Å². The average molecular weight is 379 g/mol. The molecule has 0 aromatic heterocycles. The second kappa shape index (κ2) is 9.16. The molecule has 1 aliphatic rings. The third-order valence-corrected chi connectivity index (χ3v) is 5.27. The molecule has 0 radical (unpaired) electrons. The zero-order valence-electron chi connectivity index (χ0n) is 16.1. The standard InChI is InChI=1S/C19H30N4O2S/c1-18(2,3)25-17(24)22-13-12-21-16(20-4)23-14-19(10-11-19)26-15-8-6-5-7-9-15/h5-9H,10-14H2,1-4H3,(H,22,24)(H2,20,21,23). The fraction of sp³-hybridized carbons (Fsp3) is 0.579. The Morgan fingerprint density at radius 2 is 1.81 bits per heavy atom. The van der Waals surface area contributed by atoms with Crippen LogP contribution in [0, 0.1) is 0 Å². The zero-order chi connectivity index (χ0) is 19.0. The van der Waals surface area contributed by atoms with Gasteiger partial charge in [-0.3, -0.25) is 4.99 Å². The van der Waals surface area contributed by atoms with Crippen LogP contribution in [0.15, 0.2) is 40.2 Å². The molecule has 144 valence electrons. The number of hydrogen-bond acceptors (Lipinski definition) is 4. The number of benzene rings is 1. The molecule has 2 rings (SSSR count). The number of amides is 1. The number of ether oxygens (including phenoxy) is 1. The number of guanidine groups is 1. The monoisotopic (exact) mass is 378 g/mol. The van der Waals surface area contributed by atoms with Gasteiger partial charge < -0.3 is 20.7 Å². The van der Waals surface area contributed by atoms with Crippen LogP contribution in [0.4, 0.5) is 4.79 Å². The van der Waals surface area contributed by atoms with Gasteiger partial charge in [-0.05, 0) is 45.7 Å². The predicted octanol–water partition coefficient (Wildman–Crippen LogP) is 3.00. The van der Waals surface area contributed by atoms with Gasteiger partial charge in [0.15, 0.2) is 5.96 Å². The van der Waals surface area contributed by atoms with Crippen LogP contribution in [0.25, 0.3) is 0 Å². The van der Waals surface area contributed by atoms with Gasteiger partial charge in [0.1, 0.15) is 5.60 Å².